The number of thiophene rings is 1. The monoisotopic (exact) mass is 287 g/mol. The Hall–Kier alpha value is -1.65. The maximum atomic E-state index is 11.0. The molecular formula is C16H17NO2S. The van der Waals surface area contributed by atoms with Crippen molar-refractivity contribution >= 4 is 17.3 Å². The van der Waals surface area contributed by atoms with E-state index in [0.717, 1.165) is 26.1 Å². The van der Waals surface area contributed by atoms with Crippen LogP contribution in [0.2, 0.25) is 0 Å². The molecule has 0 amide bonds. The van der Waals surface area contributed by atoms with Gasteiger partial charge in [0.25, 0.3) is 0 Å². The van der Waals surface area contributed by atoms with Crippen molar-refractivity contribution in [3.05, 3.63) is 56.8 Å². The van der Waals surface area contributed by atoms with E-state index in [1.54, 1.807) is 0 Å². The van der Waals surface area contributed by atoms with Crippen molar-refractivity contribution in [1.82, 2.24) is 4.90 Å². The van der Waals surface area contributed by atoms with E-state index in [4.69, 9.17) is 5.11 Å². The van der Waals surface area contributed by atoms with Gasteiger partial charge in [0.2, 0.25) is 0 Å². The van der Waals surface area contributed by atoms with Crippen LogP contribution in [0.15, 0.2) is 30.3 Å². The highest BCUT2D eigenvalue weighted by molar-refractivity contribution is 7.14. The molecule has 0 bridgehead atoms. The molecule has 2 heterocycles. The first-order valence-corrected chi connectivity index (χ1v) is 7.57. The Morgan fingerprint density at radius 1 is 1.40 bits per heavy atom. The number of rotatable bonds is 3. The van der Waals surface area contributed by atoms with Gasteiger partial charge >= 0.3 is 5.97 Å². The van der Waals surface area contributed by atoms with Gasteiger partial charge in [0.1, 0.15) is 4.88 Å². The summed E-state index contributed by atoms with van der Waals surface area (Å²) in [6.45, 7) is 4.93. The number of carboxylic acids is 1. The van der Waals surface area contributed by atoms with Crippen molar-refractivity contribution in [2.45, 2.75) is 26.4 Å². The molecule has 2 aromatic rings. The van der Waals surface area contributed by atoms with Gasteiger partial charge < -0.3 is 5.11 Å². The van der Waals surface area contributed by atoms with Gasteiger partial charge in [-0.25, -0.2) is 4.79 Å². The number of carboxylic acid groups (broad SMARTS) is 1. The molecule has 1 aliphatic rings. The molecule has 0 aliphatic carbocycles. The zero-order valence-electron chi connectivity index (χ0n) is 11.4. The second-order valence-corrected chi connectivity index (χ2v) is 6.39. The number of aryl methyl sites for hydroxylation is 1. The first-order valence-electron chi connectivity index (χ1n) is 6.75. The fraction of sp³-hybridized carbons (Fsp3) is 0.312. The molecule has 20 heavy (non-hydrogen) atoms. The van der Waals surface area contributed by atoms with Gasteiger partial charge in [0, 0.05) is 24.5 Å². The van der Waals surface area contributed by atoms with E-state index in [-0.39, 0.29) is 0 Å². The van der Waals surface area contributed by atoms with Gasteiger partial charge in [-0.1, -0.05) is 24.3 Å². The zero-order valence-corrected chi connectivity index (χ0v) is 12.2. The minimum absolute atomic E-state index is 0.466. The lowest BCUT2D eigenvalue weighted by molar-refractivity contribution is 0.0702. The standard InChI is InChI=1S/C16H17NO2S/c1-11-4-2-3-5-12(11)9-17-7-6-14-13(10-17)8-15(20-14)16(18)19/h2-5,8H,6-7,9-10H2,1H3,(H,18,19). The summed E-state index contributed by atoms with van der Waals surface area (Å²) in [6.07, 6.45) is 0.958. The third-order valence-corrected chi connectivity index (χ3v) is 5.04. The summed E-state index contributed by atoms with van der Waals surface area (Å²) in [5.74, 6) is -0.810. The highest BCUT2D eigenvalue weighted by Gasteiger charge is 2.21. The fourth-order valence-corrected chi connectivity index (χ4v) is 3.66. The summed E-state index contributed by atoms with van der Waals surface area (Å²) in [5.41, 5.74) is 3.85. The van der Waals surface area contributed by atoms with E-state index in [2.05, 4.69) is 36.1 Å². The number of aromatic carboxylic acids is 1. The molecule has 1 N–H and O–H groups in total. The number of hydrogen-bond acceptors (Lipinski definition) is 3. The molecule has 1 aliphatic heterocycles. The Bertz CT molecular complexity index is 648. The van der Waals surface area contributed by atoms with Crippen molar-refractivity contribution < 1.29 is 9.90 Å². The van der Waals surface area contributed by atoms with Crippen molar-refractivity contribution in [3.63, 3.8) is 0 Å². The number of benzene rings is 1. The lowest BCUT2D eigenvalue weighted by Crippen LogP contribution is -2.29. The Labute approximate surface area is 122 Å². The third kappa shape index (κ3) is 2.62. The fourth-order valence-electron chi connectivity index (χ4n) is 2.66. The van der Waals surface area contributed by atoms with Crippen LogP contribution >= 0.6 is 11.3 Å². The quantitative estimate of drug-likeness (QED) is 0.941. The summed E-state index contributed by atoms with van der Waals surface area (Å²) < 4.78 is 0. The van der Waals surface area contributed by atoms with Crippen LogP contribution < -0.4 is 0 Å². The summed E-state index contributed by atoms with van der Waals surface area (Å²) in [7, 11) is 0. The summed E-state index contributed by atoms with van der Waals surface area (Å²) >= 11 is 1.43. The average Bonchev–Trinajstić information content (AvgIpc) is 2.85. The molecule has 0 saturated carbocycles. The van der Waals surface area contributed by atoms with Crippen molar-refractivity contribution in [2.75, 3.05) is 6.54 Å². The summed E-state index contributed by atoms with van der Waals surface area (Å²) in [4.78, 5) is 15.1. The van der Waals surface area contributed by atoms with E-state index in [1.165, 1.54) is 32.9 Å². The number of nitrogens with zero attached hydrogens (tertiary/aromatic N) is 1. The van der Waals surface area contributed by atoms with Crippen LogP contribution in [-0.2, 0) is 19.5 Å². The van der Waals surface area contributed by atoms with Crippen LogP contribution in [0.4, 0.5) is 0 Å². The highest BCUT2D eigenvalue weighted by Crippen LogP contribution is 2.29. The van der Waals surface area contributed by atoms with Crippen molar-refractivity contribution in [2.24, 2.45) is 0 Å². The molecule has 3 rings (SSSR count). The number of fused-ring (bicyclic) bond motifs is 1. The lowest BCUT2D eigenvalue weighted by atomic mass is 10.1. The van der Waals surface area contributed by atoms with Crippen LogP contribution in [0.1, 0.15) is 31.2 Å². The normalized spacial score (nSPS) is 15.1. The maximum absolute atomic E-state index is 11.0. The molecule has 1 aromatic carbocycles. The smallest absolute Gasteiger partial charge is 0.345 e. The van der Waals surface area contributed by atoms with Gasteiger partial charge in [-0.15, -0.1) is 11.3 Å². The second kappa shape index (κ2) is 5.38. The van der Waals surface area contributed by atoms with Crippen LogP contribution in [0.3, 0.4) is 0 Å². The molecule has 0 unspecified atom stereocenters. The third-order valence-electron chi connectivity index (χ3n) is 3.81. The molecule has 0 fully saturated rings. The molecule has 0 atom stereocenters. The molecule has 4 heteroatoms. The summed E-state index contributed by atoms with van der Waals surface area (Å²) in [6, 6.07) is 10.3. The van der Waals surface area contributed by atoms with E-state index in [9.17, 15) is 4.79 Å². The molecule has 3 nitrogen and oxygen atoms in total. The van der Waals surface area contributed by atoms with E-state index in [0.29, 0.717) is 4.88 Å². The second-order valence-electron chi connectivity index (χ2n) is 5.25. The molecule has 104 valence electrons. The van der Waals surface area contributed by atoms with Gasteiger partial charge in [-0.3, -0.25) is 4.90 Å². The Morgan fingerprint density at radius 3 is 2.95 bits per heavy atom. The van der Waals surface area contributed by atoms with Gasteiger partial charge in [0.15, 0.2) is 0 Å². The van der Waals surface area contributed by atoms with Gasteiger partial charge in [-0.2, -0.15) is 0 Å². The van der Waals surface area contributed by atoms with Gasteiger partial charge in [0.05, 0.1) is 0 Å². The Kier molecular flexibility index (Phi) is 3.59. The first-order chi connectivity index (χ1) is 9.63. The zero-order chi connectivity index (χ0) is 14.1. The van der Waals surface area contributed by atoms with Crippen LogP contribution in [-0.4, -0.2) is 22.5 Å². The average molecular weight is 287 g/mol. The number of hydrogen-bond donors (Lipinski definition) is 1. The van der Waals surface area contributed by atoms with E-state index >= 15 is 0 Å². The Balaban J connectivity index is 1.75. The van der Waals surface area contributed by atoms with Gasteiger partial charge in [-0.05, 0) is 36.1 Å². The van der Waals surface area contributed by atoms with Crippen LogP contribution in [0, 0.1) is 6.92 Å². The molecule has 0 radical (unpaired) electrons. The maximum Gasteiger partial charge on any atom is 0.345 e. The lowest BCUT2D eigenvalue weighted by Gasteiger charge is -2.27. The molecule has 1 aromatic heterocycles. The predicted molar refractivity (Wildman–Crippen MR) is 80.3 cm³/mol. The van der Waals surface area contributed by atoms with Crippen molar-refractivity contribution in [1.29, 1.82) is 0 Å². The van der Waals surface area contributed by atoms with Crippen molar-refractivity contribution in [3.8, 4) is 0 Å². The Morgan fingerprint density at radius 2 is 2.20 bits per heavy atom. The topological polar surface area (TPSA) is 40.5 Å². The largest absolute Gasteiger partial charge is 0.477 e. The molecule has 0 saturated heterocycles. The van der Waals surface area contributed by atoms with Crippen LogP contribution in [0.5, 0.6) is 0 Å². The minimum atomic E-state index is -0.810. The SMILES string of the molecule is Cc1ccccc1CN1CCc2sc(C(=O)O)cc2C1. The summed E-state index contributed by atoms with van der Waals surface area (Å²) in [5, 5.41) is 9.07. The van der Waals surface area contributed by atoms with E-state index in [1.807, 2.05) is 6.07 Å². The minimum Gasteiger partial charge on any atom is -0.477 e. The predicted octanol–water partition coefficient (Wildman–Crippen LogP) is 3.31. The molecular weight excluding hydrogens is 270 g/mol. The van der Waals surface area contributed by atoms with Crippen LogP contribution in [0.25, 0.3) is 0 Å². The molecule has 0 spiro atoms. The number of carbonyl (C=O) groups is 1. The highest BCUT2D eigenvalue weighted by atomic mass is 32.1. The first kappa shape index (κ1) is 13.3. The van der Waals surface area contributed by atoms with E-state index < -0.39 is 5.97 Å².